The van der Waals surface area contributed by atoms with Gasteiger partial charge in [-0.05, 0) is 30.5 Å². The Bertz CT molecular complexity index is 374. The molecule has 18 heavy (non-hydrogen) atoms. The second kappa shape index (κ2) is 5.78. The van der Waals surface area contributed by atoms with E-state index in [1.165, 1.54) is 12.1 Å². The molecule has 1 aliphatic rings. The first-order valence-corrected chi connectivity index (χ1v) is 6.46. The van der Waals surface area contributed by atoms with Gasteiger partial charge in [0.15, 0.2) is 0 Å². The van der Waals surface area contributed by atoms with Crippen LogP contribution in [0.25, 0.3) is 0 Å². The van der Waals surface area contributed by atoms with Gasteiger partial charge in [0.05, 0.1) is 11.7 Å². The molecule has 0 radical (unpaired) electrons. The molecule has 1 aliphatic carbocycles. The van der Waals surface area contributed by atoms with E-state index in [4.69, 9.17) is 0 Å². The number of halogens is 1. The molecule has 1 unspecified atom stereocenters. The van der Waals surface area contributed by atoms with Gasteiger partial charge in [-0.15, -0.1) is 0 Å². The molecule has 0 aliphatic heterocycles. The summed E-state index contributed by atoms with van der Waals surface area (Å²) < 4.78 is 12.7. The Labute approximate surface area is 107 Å². The minimum atomic E-state index is -0.671. The van der Waals surface area contributed by atoms with E-state index in [0.29, 0.717) is 18.7 Å². The van der Waals surface area contributed by atoms with Gasteiger partial charge in [0.25, 0.3) is 0 Å². The van der Waals surface area contributed by atoms with Crippen LogP contribution in [0.15, 0.2) is 24.3 Å². The van der Waals surface area contributed by atoms with Crippen molar-refractivity contribution in [2.75, 3.05) is 13.1 Å². The van der Waals surface area contributed by atoms with Crippen LogP contribution in [0.1, 0.15) is 37.4 Å². The van der Waals surface area contributed by atoms with Crippen LogP contribution in [0.4, 0.5) is 4.39 Å². The second-order valence-electron chi connectivity index (χ2n) is 5.13. The summed E-state index contributed by atoms with van der Waals surface area (Å²) in [5.41, 5.74) is 0.0741. The summed E-state index contributed by atoms with van der Waals surface area (Å²) in [5.74, 6) is -0.306. The zero-order valence-electron chi connectivity index (χ0n) is 10.4. The first kappa shape index (κ1) is 13.5. The molecule has 0 saturated heterocycles. The predicted octanol–water partition coefficient (Wildman–Crippen LogP) is 1.75. The average Bonchev–Trinajstić information content (AvgIpc) is 2.77. The van der Waals surface area contributed by atoms with E-state index in [-0.39, 0.29) is 5.82 Å². The maximum absolute atomic E-state index is 12.7. The SMILES string of the molecule is OC(CNCC1(O)CCCC1)c1ccc(F)cc1. The summed E-state index contributed by atoms with van der Waals surface area (Å²) in [6, 6.07) is 5.82. The predicted molar refractivity (Wildman–Crippen MR) is 67.6 cm³/mol. The Morgan fingerprint density at radius 2 is 1.83 bits per heavy atom. The van der Waals surface area contributed by atoms with Crippen molar-refractivity contribution in [1.29, 1.82) is 0 Å². The molecule has 3 N–H and O–H groups in total. The fraction of sp³-hybridized carbons (Fsp3) is 0.571. The lowest BCUT2D eigenvalue weighted by Gasteiger charge is -2.23. The van der Waals surface area contributed by atoms with Crippen LogP contribution in [0.3, 0.4) is 0 Å². The maximum atomic E-state index is 12.7. The van der Waals surface area contributed by atoms with E-state index in [1.54, 1.807) is 12.1 Å². The molecule has 1 atom stereocenters. The highest BCUT2D eigenvalue weighted by Gasteiger charge is 2.30. The fourth-order valence-corrected chi connectivity index (χ4v) is 2.45. The summed E-state index contributed by atoms with van der Waals surface area (Å²) >= 11 is 0. The van der Waals surface area contributed by atoms with Gasteiger partial charge in [0.1, 0.15) is 5.82 Å². The molecule has 0 aromatic heterocycles. The van der Waals surface area contributed by atoms with Gasteiger partial charge in [-0.3, -0.25) is 0 Å². The number of hydrogen-bond acceptors (Lipinski definition) is 3. The van der Waals surface area contributed by atoms with Crippen LogP contribution in [-0.4, -0.2) is 28.9 Å². The average molecular weight is 253 g/mol. The van der Waals surface area contributed by atoms with Crippen molar-refractivity contribution in [1.82, 2.24) is 5.32 Å². The molecule has 1 aromatic rings. The van der Waals surface area contributed by atoms with Crippen molar-refractivity contribution < 1.29 is 14.6 Å². The first-order valence-electron chi connectivity index (χ1n) is 6.46. The van der Waals surface area contributed by atoms with E-state index in [1.807, 2.05) is 0 Å². The molecule has 3 nitrogen and oxygen atoms in total. The molecule has 0 spiro atoms. The third kappa shape index (κ3) is 3.51. The minimum Gasteiger partial charge on any atom is -0.389 e. The van der Waals surface area contributed by atoms with Crippen LogP contribution in [0.5, 0.6) is 0 Å². The van der Waals surface area contributed by atoms with Gasteiger partial charge in [-0.1, -0.05) is 25.0 Å². The van der Waals surface area contributed by atoms with Crippen LogP contribution in [0.2, 0.25) is 0 Å². The van der Waals surface area contributed by atoms with Gasteiger partial charge in [0, 0.05) is 13.1 Å². The molecule has 1 aromatic carbocycles. The summed E-state index contributed by atoms with van der Waals surface area (Å²) in [7, 11) is 0. The lowest BCUT2D eigenvalue weighted by molar-refractivity contribution is 0.0439. The minimum absolute atomic E-state index is 0.306. The van der Waals surface area contributed by atoms with Crippen molar-refractivity contribution in [3.05, 3.63) is 35.6 Å². The Morgan fingerprint density at radius 3 is 2.44 bits per heavy atom. The highest BCUT2D eigenvalue weighted by Crippen LogP contribution is 2.28. The van der Waals surface area contributed by atoms with Crippen LogP contribution in [0, 0.1) is 5.82 Å². The molecule has 0 amide bonds. The smallest absolute Gasteiger partial charge is 0.123 e. The number of nitrogens with one attached hydrogen (secondary N) is 1. The molecular weight excluding hydrogens is 233 g/mol. The Hall–Kier alpha value is -0.970. The van der Waals surface area contributed by atoms with Gasteiger partial charge in [-0.2, -0.15) is 0 Å². The molecule has 100 valence electrons. The quantitative estimate of drug-likeness (QED) is 0.749. The fourth-order valence-electron chi connectivity index (χ4n) is 2.45. The van der Waals surface area contributed by atoms with Gasteiger partial charge in [-0.25, -0.2) is 4.39 Å². The monoisotopic (exact) mass is 253 g/mol. The molecule has 1 saturated carbocycles. The Balaban J connectivity index is 1.77. The second-order valence-corrected chi connectivity index (χ2v) is 5.13. The van der Waals surface area contributed by atoms with Crippen molar-refractivity contribution >= 4 is 0 Å². The number of hydrogen-bond donors (Lipinski definition) is 3. The van der Waals surface area contributed by atoms with E-state index in [9.17, 15) is 14.6 Å². The van der Waals surface area contributed by atoms with E-state index in [0.717, 1.165) is 25.7 Å². The van der Waals surface area contributed by atoms with Crippen LogP contribution < -0.4 is 5.32 Å². The normalized spacial score (nSPS) is 19.9. The van der Waals surface area contributed by atoms with Crippen molar-refractivity contribution in [2.45, 2.75) is 37.4 Å². The standard InChI is InChI=1S/C14H20FNO2/c15-12-5-3-11(4-6-12)13(17)9-16-10-14(18)7-1-2-8-14/h3-6,13,16-18H,1-2,7-10H2. The molecule has 0 heterocycles. The highest BCUT2D eigenvalue weighted by molar-refractivity contribution is 5.18. The Morgan fingerprint density at radius 1 is 1.22 bits per heavy atom. The van der Waals surface area contributed by atoms with E-state index >= 15 is 0 Å². The van der Waals surface area contributed by atoms with E-state index < -0.39 is 11.7 Å². The van der Waals surface area contributed by atoms with Gasteiger partial charge >= 0.3 is 0 Å². The molecule has 0 bridgehead atoms. The lowest BCUT2D eigenvalue weighted by Crippen LogP contribution is -2.39. The molecule has 4 heteroatoms. The number of rotatable bonds is 5. The summed E-state index contributed by atoms with van der Waals surface area (Å²) in [4.78, 5) is 0. The molecule has 1 fully saturated rings. The third-order valence-corrected chi connectivity index (χ3v) is 3.58. The van der Waals surface area contributed by atoms with Crippen molar-refractivity contribution in [2.24, 2.45) is 0 Å². The number of benzene rings is 1. The first-order chi connectivity index (χ1) is 8.59. The highest BCUT2D eigenvalue weighted by atomic mass is 19.1. The van der Waals surface area contributed by atoms with Gasteiger partial charge < -0.3 is 15.5 Å². The van der Waals surface area contributed by atoms with Crippen molar-refractivity contribution in [3.63, 3.8) is 0 Å². The summed E-state index contributed by atoms with van der Waals surface area (Å²) in [6.07, 6.45) is 3.12. The van der Waals surface area contributed by atoms with Gasteiger partial charge in [0.2, 0.25) is 0 Å². The van der Waals surface area contributed by atoms with Crippen LogP contribution >= 0.6 is 0 Å². The zero-order chi connectivity index (χ0) is 13.0. The number of aliphatic hydroxyl groups excluding tert-OH is 1. The summed E-state index contributed by atoms with van der Waals surface area (Å²) in [5, 5.41) is 23.1. The topological polar surface area (TPSA) is 52.5 Å². The van der Waals surface area contributed by atoms with Crippen molar-refractivity contribution in [3.8, 4) is 0 Å². The zero-order valence-corrected chi connectivity index (χ0v) is 10.4. The maximum Gasteiger partial charge on any atom is 0.123 e. The molecular formula is C14H20FNO2. The molecule has 2 rings (SSSR count). The Kier molecular flexibility index (Phi) is 4.32. The van der Waals surface area contributed by atoms with Crippen LogP contribution in [-0.2, 0) is 0 Å². The largest absolute Gasteiger partial charge is 0.389 e. The third-order valence-electron chi connectivity index (χ3n) is 3.58. The number of aliphatic hydroxyl groups is 2. The summed E-state index contributed by atoms with van der Waals surface area (Å²) in [6.45, 7) is 0.874. The lowest BCUT2D eigenvalue weighted by atomic mass is 10.0. The van der Waals surface area contributed by atoms with E-state index in [2.05, 4.69) is 5.32 Å².